The van der Waals surface area contributed by atoms with E-state index >= 15 is 0 Å². The predicted octanol–water partition coefficient (Wildman–Crippen LogP) is 6.51. The highest BCUT2D eigenvalue weighted by atomic mass is 35.5. The van der Waals surface area contributed by atoms with Crippen LogP contribution in [0.3, 0.4) is 0 Å². The number of aromatic nitrogens is 2. The Hall–Kier alpha value is -4.27. The third kappa shape index (κ3) is 11.1. The van der Waals surface area contributed by atoms with Gasteiger partial charge in [-0.2, -0.15) is 4.98 Å². The second-order valence-electron chi connectivity index (χ2n) is 15.2. The van der Waals surface area contributed by atoms with E-state index in [1.807, 2.05) is 32.0 Å². The Morgan fingerprint density at radius 2 is 1.49 bits per heavy atom. The van der Waals surface area contributed by atoms with Crippen molar-refractivity contribution in [3.05, 3.63) is 65.2 Å². The maximum absolute atomic E-state index is 13.4. The Labute approximate surface area is 318 Å². The third-order valence-corrected chi connectivity index (χ3v) is 9.80. The number of carboxylic acids is 1. The van der Waals surface area contributed by atoms with Gasteiger partial charge in [0, 0.05) is 23.7 Å². The van der Waals surface area contributed by atoms with E-state index in [9.17, 15) is 27.9 Å². The van der Waals surface area contributed by atoms with Gasteiger partial charge in [-0.3, -0.25) is 9.59 Å². The highest BCUT2D eigenvalue weighted by molar-refractivity contribution is 7.92. The van der Waals surface area contributed by atoms with Gasteiger partial charge in [-0.25, -0.2) is 22.9 Å². The first-order chi connectivity index (χ1) is 24.2. The lowest BCUT2D eigenvalue weighted by Gasteiger charge is -2.45. The summed E-state index contributed by atoms with van der Waals surface area (Å²) in [5.41, 5.74) is 1.28. The summed E-state index contributed by atoms with van der Waals surface area (Å²) in [6.45, 7) is 17.1. The van der Waals surface area contributed by atoms with Crippen molar-refractivity contribution in [2.45, 2.75) is 111 Å². The zero-order valence-corrected chi connectivity index (χ0v) is 33.3. The van der Waals surface area contributed by atoms with Crippen molar-refractivity contribution >= 4 is 46.3 Å². The Kier molecular flexibility index (Phi) is 14.0. The summed E-state index contributed by atoms with van der Waals surface area (Å²) in [6, 6.07) is 11.9. The first-order valence-electron chi connectivity index (χ1n) is 17.3. The van der Waals surface area contributed by atoms with Gasteiger partial charge in [0.05, 0.1) is 28.4 Å². The van der Waals surface area contributed by atoms with Gasteiger partial charge in [-0.1, -0.05) is 45.0 Å². The van der Waals surface area contributed by atoms with E-state index in [2.05, 4.69) is 40.8 Å². The summed E-state index contributed by atoms with van der Waals surface area (Å²) in [6.07, 6.45) is 0.262. The van der Waals surface area contributed by atoms with Crippen LogP contribution in [0.4, 0.5) is 5.95 Å². The van der Waals surface area contributed by atoms with Crippen LogP contribution in [0.5, 0.6) is 5.88 Å². The molecule has 0 saturated heterocycles. The Morgan fingerprint density at radius 1 is 0.925 bits per heavy atom. The molecule has 0 bridgehead atoms. The number of anilines is 1. The zero-order valence-electron chi connectivity index (χ0n) is 31.7. The second kappa shape index (κ2) is 17.3. The first-order valence-corrected chi connectivity index (χ1v) is 18.8. The number of carbonyl (C=O) groups excluding carboxylic acids is 2. The number of carbonyl (C=O) groups is 3. The highest BCUT2D eigenvalue weighted by Gasteiger charge is 2.59. The molecule has 1 atom stereocenters. The molecule has 1 aliphatic rings. The summed E-state index contributed by atoms with van der Waals surface area (Å²) in [4.78, 5) is 46.5. The number of halogens is 1. The summed E-state index contributed by atoms with van der Waals surface area (Å²) < 4.78 is 46.5. The van der Waals surface area contributed by atoms with Crippen LogP contribution in [0.25, 0.3) is 11.3 Å². The molecule has 15 heteroatoms. The average molecular weight is 775 g/mol. The topological polar surface area (TPSA) is 183 Å². The van der Waals surface area contributed by atoms with Crippen LogP contribution in [0, 0.1) is 24.7 Å². The number of aryl methyl sites for hydroxylation is 2. The minimum Gasteiger partial charge on any atom is -0.478 e. The van der Waals surface area contributed by atoms with Crippen LogP contribution < -0.4 is 14.8 Å². The largest absolute Gasteiger partial charge is 0.478 e. The van der Waals surface area contributed by atoms with Crippen molar-refractivity contribution in [2.75, 3.05) is 11.3 Å². The van der Waals surface area contributed by atoms with E-state index in [0.29, 0.717) is 12.1 Å². The lowest BCUT2D eigenvalue weighted by Crippen LogP contribution is -2.61. The number of carboxylic acid groups (broad SMARTS) is 1. The summed E-state index contributed by atoms with van der Waals surface area (Å²) in [7, 11) is -4.29. The van der Waals surface area contributed by atoms with Crippen LogP contribution in [-0.4, -0.2) is 72.3 Å². The fourth-order valence-electron chi connectivity index (χ4n) is 6.26. The Morgan fingerprint density at radius 3 is 2.02 bits per heavy atom. The monoisotopic (exact) mass is 774 g/mol. The molecule has 1 heterocycles. The van der Waals surface area contributed by atoms with E-state index in [4.69, 9.17) is 14.2 Å². The van der Waals surface area contributed by atoms with E-state index in [-0.39, 0.29) is 71.6 Å². The number of rotatable bonds is 15. The third-order valence-electron chi connectivity index (χ3n) is 8.48. The van der Waals surface area contributed by atoms with Crippen LogP contribution in [-0.2, 0) is 29.1 Å². The minimum absolute atomic E-state index is 0. The van der Waals surface area contributed by atoms with Gasteiger partial charge in [-0.05, 0) is 95.5 Å². The van der Waals surface area contributed by atoms with E-state index in [1.165, 1.54) is 18.2 Å². The molecule has 13 nitrogen and oxygen atoms in total. The predicted molar refractivity (Wildman–Crippen MR) is 203 cm³/mol. The number of aromatic carboxylic acids is 1. The molecule has 0 spiro atoms. The molecule has 290 valence electrons. The van der Waals surface area contributed by atoms with Gasteiger partial charge in [0.2, 0.25) is 11.8 Å². The molecule has 3 aromatic rings. The van der Waals surface area contributed by atoms with Crippen LogP contribution in [0.2, 0.25) is 0 Å². The molecule has 3 N–H and O–H groups in total. The SMILES string of the molecule is Cc1cccc(C)c1-c1cc(OC[C@@H](CC(C)(C)C)NC2CC(C(=O)OC(C)C)(C(=O)OC(C)C)C2)nc(NS(=O)(=O)c2cccc(C(=O)O)c2)n1.Cl. The minimum atomic E-state index is -4.29. The Balaban J connectivity index is 0.00000756. The first kappa shape index (κ1) is 43.1. The molecule has 0 amide bonds. The number of hydrogen-bond acceptors (Lipinski definition) is 11. The van der Waals surface area contributed by atoms with Crippen LogP contribution >= 0.6 is 12.4 Å². The normalized spacial score (nSPS) is 14.8. The molecule has 1 aromatic heterocycles. The van der Waals surface area contributed by atoms with Gasteiger partial charge < -0.3 is 24.6 Å². The van der Waals surface area contributed by atoms with Crippen molar-refractivity contribution in [1.82, 2.24) is 15.3 Å². The summed E-state index contributed by atoms with van der Waals surface area (Å²) in [5.74, 6) is -2.61. The Bertz CT molecular complexity index is 1860. The number of hydrogen-bond donors (Lipinski definition) is 3. The number of sulfonamides is 1. The van der Waals surface area contributed by atoms with Gasteiger partial charge in [-0.15, -0.1) is 12.4 Å². The smallest absolute Gasteiger partial charge is 0.335 e. The maximum Gasteiger partial charge on any atom is 0.335 e. The second-order valence-corrected chi connectivity index (χ2v) is 16.8. The standard InChI is InChI=1S/C38H50N4O9S.ClH/c1-22(2)50-34(45)38(35(46)51-23(3)4)19-27(20-38)39-28(18-37(7,8)9)21-49-31-17-30(32-24(5)12-10-13-25(32)6)40-36(41-31)42-52(47,48)29-15-11-14-26(16-29)33(43)44;/h10-17,22-23,27-28,39H,18-21H2,1-9H3,(H,43,44)(H,40,41,42);1H/t28-;/m1./s1. The highest BCUT2D eigenvalue weighted by Crippen LogP contribution is 2.45. The molecular formula is C38H51ClN4O9S. The van der Waals surface area contributed by atoms with E-state index in [0.717, 1.165) is 22.8 Å². The quantitative estimate of drug-likeness (QED) is 0.113. The van der Waals surface area contributed by atoms with E-state index in [1.54, 1.807) is 33.8 Å². The maximum atomic E-state index is 13.4. The van der Waals surface area contributed by atoms with Gasteiger partial charge in [0.25, 0.3) is 10.0 Å². The summed E-state index contributed by atoms with van der Waals surface area (Å²) in [5, 5.41) is 13.0. The number of nitrogens with zero attached hydrogens (tertiary/aromatic N) is 2. The van der Waals surface area contributed by atoms with Crippen LogP contribution in [0.1, 0.15) is 89.2 Å². The number of esters is 2. The van der Waals surface area contributed by atoms with Crippen molar-refractivity contribution in [3.8, 4) is 17.1 Å². The molecule has 1 fully saturated rings. The lowest BCUT2D eigenvalue weighted by molar-refractivity contribution is -0.186. The van der Waals surface area contributed by atoms with Crippen molar-refractivity contribution in [3.63, 3.8) is 0 Å². The van der Waals surface area contributed by atoms with Crippen LogP contribution in [0.15, 0.2) is 53.4 Å². The molecule has 0 radical (unpaired) electrons. The number of benzene rings is 2. The molecule has 0 aliphatic heterocycles. The van der Waals surface area contributed by atoms with Gasteiger partial charge in [0.15, 0.2) is 5.41 Å². The molecule has 0 unspecified atom stereocenters. The fourth-order valence-corrected chi connectivity index (χ4v) is 7.25. The number of ether oxygens (including phenoxy) is 3. The van der Waals surface area contributed by atoms with Gasteiger partial charge >= 0.3 is 17.9 Å². The van der Waals surface area contributed by atoms with E-state index < -0.39 is 45.6 Å². The molecule has 1 aliphatic carbocycles. The molecule has 1 saturated carbocycles. The molecule has 53 heavy (non-hydrogen) atoms. The zero-order chi connectivity index (χ0) is 38.6. The van der Waals surface area contributed by atoms with Crippen molar-refractivity contribution in [1.29, 1.82) is 0 Å². The fraction of sp³-hybridized carbons (Fsp3) is 0.500. The summed E-state index contributed by atoms with van der Waals surface area (Å²) >= 11 is 0. The molecular weight excluding hydrogens is 724 g/mol. The lowest BCUT2D eigenvalue weighted by atomic mass is 9.65. The van der Waals surface area contributed by atoms with Crippen molar-refractivity contribution < 1.29 is 42.1 Å². The van der Waals surface area contributed by atoms with Crippen molar-refractivity contribution in [2.24, 2.45) is 10.8 Å². The number of nitrogens with one attached hydrogen (secondary N) is 2. The van der Waals surface area contributed by atoms with Gasteiger partial charge in [0.1, 0.15) is 6.61 Å². The molecule has 4 rings (SSSR count). The molecule has 2 aromatic carbocycles. The average Bonchev–Trinajstić information content (AvgIpc) is 2.99.